The minimum absolute atomic E-state index is 0.105. The molecule has 94 valence electrons. The third-order valence-corrected chi connectivity index (χ3v) is 3.68. The van der Waals surface area contributed by atoms with Crippen LogP contribution in [0.15, 0.2) is 16.8 Å². The second kappa shape index (κ2) is 6.17. The van der Waals surface area contributed by atoms with Crippen LogP contribution in [0.5, 0.6) is 0 Å². The lowest BCUT2D eigenvalue weighted by Crippen LogP contribution is -2.40. The number of thiophene rings is 1. The molecule has 1 saturated carbocycles. The summed E-state index contributed by atoms with van der Waals surface area (Å²) in [6, 6.07) is 2.32. The van der Waals surface area contributed by atoms with E-state index in [1.54, 1.807) is 11.3 Å². The average Bonchev–Trinajstić information content (AvgIpc) is 2.95. The summed E-state index contributed by atoms with van der Waals surface area (Å²) in [7, 11) is 0. The molecule has 1 aliphatic rings. The number of carbonyl (C=O) groups excluding carboxylic acids is 1. The molecule has 1 atom stereocenters. The van der Waals surface area contributed by atoms with Crippen molar-refractivity contribution < 1.29 is 4.79 Å². The van der Waals surface area contributed by atoms with Crippen molar-refractivity contribution in [3.05, 3.63) is 22.4 Å². The van der Waals surface area contributed by atoms with Crippen LogP contribution in [-0.4, -0.2) is 25.0 Å². The highest BCUT2D eigenvalue weighted by Crippen LogP contribution is 2.27. The Balaban J connectivity index is 1.59. The predicted octanol–water partition coefficient (Wildman–Crippen LogP) is 1.79. The number of amides is 1. The summed E-state index contributed by atoms with van der Waals surface area (Å²) in [5, 5.41) is 10.4. The molecule has 1 heterocycles. The van der Waals surface area contributed by atoms with E-state index in [4.69, 9.17) is 0 Å². The van der Waals surface area contributed by atoms with E-state index in [0.29, 0.717) is 6.54 Å². The zero-order valence-corrected chi connectivity index (χ0v) is 11.1. The molecule has 1 aromatic rings. The Bertz CT molecular complexity index is 346. The normalized spacial score (nSPS) is 16.8. The Labute approximate surface area is 107 Å². The number of nitrogens with one attached hydrogen (secondary N) is 2. The predicted molar refractivity (Wildman–Crippen MR) is 71.2 cm³/mol. The van der Waals surface area contributed by atoms with Crippen LogP contribution in [0.3, 0.4) is 0 Å². The number of hydrogen-bond acceptors (Lipinski definition) is 3. The van der Waals surface area contributed by atoms with Gasteiger partial charge < -0.3 is 10.6 Å². The van der Waals surface area contributed by atoms with Gasteiger partial charge in [-0.2, -0.15) is 11.3 Å². The van der Waals surface area contributed by atoms with Gasteiger partial charge in [0, 0.05) is 6.04 Å². The quantitative estimate of drug-likeness (QED) is 0.777. The molecule has 1 aromatic heterocycles. The zero-order valence-electron chi connectivity index (χ0n) is 10.2. The Morgan fingerprint density at radius 2 is 2.41 bits per heavy atom. The van der Waals surface area contributed by atoms with Crippen molar-refractivity contribution in [2.24, 2.45) is 5.92 Å². The van der Waals surface area contributed by atoms with Gasteiger partial charge in [-0.25, -0.2) is 0 Å². The molecule has 0 aromatic carbocycles. The summed E-state index contributed by atoms with van der Waals surface area (Å²) in [5.41, 5.74) is 1.30. The van der Waals surface area contributed by atoms with Crippen LogP contribution in [0.1, 0.15) is 25.3 Å². The third-order valence-electron chi connectivity index (χ3n) is 2.94. The van der Waals surface area contributed by atoms with Gasteiger partial charge >= 0.3 is 0 Å². The standard InChI is InChI=1S/C13H20N2OS/c1-10(6-12-4-5-17-9-12)15-13(16)8-14-7-11-2-3-11/h4-5,9-11,14H,2-3,6-8H2,1H3,(H,15,16). The van der Waals surface area contributed by atoms with Crippen LogP contribution >= 0.6 is 11.3 Å². The van der Waals surface area contributed by atoms with Crippen molar-refractivity contribution in [3.63, 3.8) is 0 Å². The van der Waals surface area contributed by atoms with Gasteiger partial charge in [0.25, 0.3) is 0 Å². The first-order valence-electron chi connectivity index (χ1n) is 6.25. The Hall–Kier alpha value is -0.870. The van der Waals surface area contributed by atoms with E-state index in [1.807, 2.05) is 0 Å². The van der Waals surface area contributed by atoms with E-state index >= 15 is 0 Å². The van der Waals surface area contributed by atoms with Crippen molar-refractivity contribution in [3.8, 4) is 0 Å². The van der Waals surface area contributed by atoms with Crippen molar-refractivity contribution >= 4 is 17.2 Å². The maximum atomic E-state index is 11.6. The number of carbonyl (C=O) groups is 1. The second-order valence-electron chi connectivity index (χ2n) is 4.88. The third kappa shape index (κ3) is 4.88. The first-order valence-corrected chi connectivity index (χ1v) is 7.19. The van der Waals surface area contributed by atoms with Crippen LogP contribution in [-0.2, 0) is 11.2 Å². The van der Waals surface area contributed by atoms with E-state index in [2.05, 4.69) is 34.4 Å². The molecule has 1 amide bonds. The van der Waals surface area contributed by atoms with Crippen LogP contribution in [0.2, 0.25) is 0 Å². The Morgan fingerprint density at radius 1 is 1.59 bits per heavy atom. The van der Waals surface area contributed by atoms with Crippen molar-refractivity contribution in [1.29, 1.82) is 0 Å². The lowest BCUT2D eigenvalue weighted by Gasteiger charge is -2.13. The average molecular weight is 252 g/mol. The summed E-state index contributed by atoms with van der Waals surface area (Å²) < 4.78 is 0. The lowest BCUT2D eigenvalue weighted by molar-refractivity contribution is -0.120. The molecular weight excluding hydrogens is 232 g/mol. The maximum Gasteiger partial charge on any atom is 0.234 e. The first-order chi connectivity index (χ1) is 8.24. The van der Waals surface area contributed by atoms with E-state index in [-0.39, 0.29) is 11.9 Å². The fraction of sp³-hybridized carbons (Fsp3) is 0.615. The number of hydrogen-bond donors (Lipinski definition) is 2. The first kappa shape index (κ1) is 12.6. The molecule has 1 fully saturated rings. The van der Waals surface area contributed by atoms with Gasteiger partial charge in [0.2, 0.25) is 5.91 Å². The Morgan fingerprint density at radius 3 is 3.06 bits per heavy atom. The fourth-order valence-electron chi connectivity index (χ4n) is 1.85. The topological polar surface area (TPSA) is 41.1 Å². The number of rotatable bonds is 7. The van der Waals surface area contributed by atoms with Gasteiger partial charge in [0.1, 0.15) is 0 Å². The lowest BCUT2D eigenvalue weighted by atomic mass is 10.1. The highest BCUT2D eigenvalue weighted by Gasteiger charge is 2.20. The summed E-state index contributed by atoms with van der Waals surface area (Å²) in [6.07, 6.45) is 3.56. The van der Waals surface area contributed by atoms with Crippen molar-refractivity contribution in [2.45, 2.75) is 32.2 Å². The summed E-state index contributed by atoms with van der Waals surface area (Å²) >= 11 is 1.70. The molecule has 2 rings (SSSR count). The van der Waals surface area contributed by atoms with Crippen LogP contribution in [0.4, 0.5) is 0 Å². The van der Waals surface area contributed by atoms with Crippen LogP contribution < -0.4 is 10.6 Å². The van der Waals surface area contributed by atoms with Crippen molar-refractivity contribution in [1.82, 2.24) is 10.6 Å². The van der Waals surface area contributed by atoms with E-state index in [9.17, 15) is 4.79 Å². The second-order valence-corrected chi connectivity index (χ2v) is 5.66. The smallest absolute Gasteiger partial charge is 0.234 e. The van der Waals surface area contributed by atoms with Gasteiger partial charge in [-0.15, -0.1) is 0 Å². The summed E-state index contributed by atoms with van der Waals surface area (Å²) in [5.74, 6) is 0.930. The molecule has 0 saturated heterocycles. The van der Waals surface area contributed by atoms with Gasteiger partial charge in [0.05, 0.1) is 6.54 Å². The zero-order chi connectivity index (χ0) is 12.1. The SMILES string of the molecule is CC(Cc1ccsc1)NC(=O)CNCC1CC1. The molecule has 4 heteroatoms. The van der Waals surface area contributed by atoms with Crippen LogP contribution in [0, 0.1) is 5.92 Å². The highest BCUT2D eigenvalue weighted by atomic mass is 32.1. The minimum atomic E-state index is 0.105. The molecule has 3 nitrogen and oxygen atoms in total. The van der Waals surface area contributed by atoms with Crippen LogP contribution in [0.25, 0.3) is 0 Å². The van der Waals surface area contributed by atoms with Crippen molar-refractivity contribution in [2.75, 3.05) is 13.1 Å². The molecule has 0 aliphatic heterocycles. The minimum Gasteiger partial charge on any atom is -0.352 e. The molecule has 1 unspecified atom stereocenters. The molecule has 0 bridgehead atoms. The van der Waals surface area contributed by atoms with E-state index in [1.165, 1.54) is 18.4 Å². The summed E-state index contributed by atoms with van der Waals surface area (Å²) in [6.45, 7) is 3.49. The fourth-order valence-corrected chi connectivity index (χ4v) is 2.53. The maximum absolute atomic E-state index is 11.6. The van der Waals surface area contributed by atoms with Gasteiger partial charge in [-0.1, -0.05) is 0 Å². The monoisotopic (exact) mass is 252 g/mol. The summed E-state index contributed by atoms with van der Waals surface area (Å²) in [4.78, 5) is 11.6. The van der Waals surface area contributed by atoms with E-state index < -0.39 is 0 Å². The van der Waals surface area contributed by atoms with Gasteiger partial charge in [-0.3, -0.25) is 4.79 Å². The highest BCUT2D eigenvalue weighted by molar-refractivity contribution is 7.07. The molecule has 2 N–H and O–H groups in total. The van der Waals surface area contributed by atoms with Gasteiger partial charge in [0.15, 0.2) is 0 Å². The Kier molecular flexibility index (Phi) is 4.57. The molecular formula is C13H20N2OS. The van der Waals surface area contributed by atoms with Gasteiger partial charge in [-0.05, 0) is 61.0 Å². The largest absolute Gasteiger partial charge is 0.352 e. The molecule has 0 radical (unpaired) electrons. The molecule has 1 aliphatic carbocycles. The molecule has 0 spiro atoms. The molecule has 17 heavy (non-hydrogen) atoms. The van der Waals surface area contributed by atoms with E-state index in [0.717, 1.165) is 18.9 Å².